The molecule has 0 aliphatic heterocycles. The standard InChI is InChI=1S/C9H11N.H2O4S/c1-2-4-8(5-3-1)10-9-6-7-9;1-5(2,3)4/h1-5,9-10H,6-7H2;(H2,1,2,3,4). The number of para-hydroxylation sites is 1. The summed E-state index contributed by atoms with van der Waals surface area (Å²) in [4.78, 5) is 0. The summed E-state index contributed by atoms with van der Waals surface area (Å²) in [7, 11) is -4.67. The normalized spacial score (nSPS) is 15.1. The molecule has 0 unspecified atom stereocenters. The Labute approximate surface area is 88.7 Å². The molecule has 15 heavy (non-hydrogen) atoms. The molecule has 0 aromatic heterocycles. The molecule has 5 nitrogen and oxygen atoms in total. The van der Waals surface area contributed by atoms with Crippen LogP contribution in [0.15, 0.2) is 30.3 Å². The summed E-state index contributed by atoms with van der Waals surface area (Å²) in [5.74, 6) is 0. The Morgan fingerprint density at radius 1 is 1.13 bits per heavy atom. The maximum absolute atomic E-state index is 8.74. The highest BCUT2D eigenvalue weighted by molar-refractivity contribution is 7.79. The summed E-state index contributed by atoms with van der Waals surface area (Å²) in [6, 6.07) is 11.1. The van der Waals surface area contributed by atoms with Crippen LogP contribution in [0.2, 0.25) is 0 Å². The Balaban J connectivity index is 0.000000195. The fourth-order valence-corrected chi connectivity index (χ4v) is 0.998. The average Bonchev–Trinajstić information content (AvgIpc) is 2.87. The van der Waals surface area contributed by atoms with E-state index in [-0.39, 0.29) is 0 Å². The molecule has 1 aliphatic carbocycles. The minimum absolute atomic E-state index is 0.766. The average molecular weight is 231 g/mol. The zero-order chi connectivity index (χ0) is 11.3. The smallest absolute Gasteiger partial charge is 0.382 e. The SMILES string of the molecule is O=S(=O)(O)O.c1ccc(NC2CC2)cc1. The van der Waals surface area contributed by atoms with Crippen molar-refractivity contribution in [2.45, 2.75) is 18.9 Å². The largest absolute Gasteiger partial charge is 0.394 e. The molecular weight excluding hydrogens is 218 g/mol. The van der Waals surface area contributed by atoms with Crippen molar-refractivity contribution in [2.24, 2.45) is 0 Å². The van der Waals surface area contributed by atoms with Gasteiger partial charge in [-0.25, -0.2) is 0 Å². The van der Waals surface area contributed by atoms with Crippen LogP contribution in [0.5, 0.6) is 0 Å². The van der Waals surface area contributed by atoms with Crippen LogP contribution in [0.3, 0.4) is 0 Å². The van der Waals surface area contributed by atoms with Crippen LogP contribution in [-0.2, 0) is 10.4 Å². The number of benzene rings is 1. The fraction of sp³-hybridized carbons (Fsp3) is 0.333. The molecule has 1 saturated carbocycles. The van der Waals surface area contributed by atoms with Gasteiger partial charge in [-0.15, -0.1) is 0 Å². The van der Waals surface area contributed by atoms with Crippen molar-refractivity contribution in [2.75, 3.05) is 5.32 Å². The summed E-state index contributed by atoms with van der Waals surface area (Å²) in [5, 5.41) is 3.42. The van der Waals surface area contributed by atoms with Gasteiger partial charge in [-0.1, -0.05) is 18.2 Å². The first-order chi connectivity index (χ1) is 6.95. The lowest BCUT2D eigenvalue weighted by Crippen LogP contribution is -1.99. The van der Waals surface area contributed by atoms with Crippen LogP contribution in [0.25, 0.3) is 0 Å². The zero-order valence-electron chi connectivity index (χ0n) is 8.00. The molecular formula is C9H13NO4S. The molecule has 2 rings (SSSR count). The zero-order valence-corrected chi connectivity index (χ0v) is 8.81. The van der Waals surface area contributed by atoms with Crippen LogP contribution < -0.4 is 5.32 Å². The Kier molecular flexibility index (Phi) is 4.07. The Hall–Kier alpha value is -1.11. The van der Waals surface area contributed by atoms with Gasteiger partial charge < -0.3 is 5.32 Å². The second-order valence-corrected chi connectivity index (χ2v) is 4.13. The summed E-state index contributed by atoms with van der Waals surface area (Å²) in [6.45, 7) is 0. The number of nitrogens with one attached hydrogen (secondary N) is 1. The van der Waals surface area contributed by atoms with E-state index in [4.69, 9.17) is 17.5 Å². The Morgan fingerprint density at radius 3 is 2.00 bits per heavy atom. The van der Waals surface area contributed by atoms with Crippen molar-refractivity contribution >= 4 is 16.1 Å². The van der Waals surface area contributed by atoms with E-state index in [0.29, 0.717) is 0 Å². The molecule has 84 valence electrons. The van der Waals surface area contributed by atoms with Crippen molar-refractivity contribution in [1.29, 1.82) is 0 Å². The molecule has 3 N–H and O–H groups in total. The van der Waals surface area contributed by atoms with E-state index in [1.807, 2.05) is 6.07 Å². The van der Waals surface area contributed by atoms with Gasteiger partial charge in [0, 0.05) is 11.7 Å². The van der Waals surface area contributed by atoms with Crippen LogP contribution in [0.1, 0.15) is 12.8 Å². The molecule has 0 heterocycles. The van der Waals surface area contributed by atoms with Gasteiger partial charge in [0.15, 0.2) is 0 Å². The molecule has 1 aromatic carbocycles. The summed E-state index contributed by atoms with van der Waals surface area (Å²) >= 11 is 0. The van der Waals surface area contributed by atoms with Crippen LogP contribution in [0.4, 0.5) is 5.69 Å². The molecule has 0 saturated heterocycles. The summed E-state index contributed by atoms with van der Waals surface area (Å²) in [5.41, 5.74) is 1.25. The number of hydrogen-bond acceptors (Lipinski definition) is 3. The van der Waals surface area contributed by atoms with E-state index in [1.54, 1.807) is 0 Å². The quantitative estimate of drug-likeness (QED) is 0.673. The maximum atomic E-state index is 8.74. The van der Waals surface area contributed by atoms with E-state index in [0.717, 1.165) is 6.04 Å². The monoisotopic (exact) mass is 231 g/mol. The van der Waals surface area contributed by atoms with E-state index in [2.05, 4.69) is 29.6 Å². The van der Waals surface area contributed by atoms with E-state index >= 15 is 0 Å². The van der Waals surface area contributed by atoms with Crippen LogP contribution in [0, 0.1) is 0 Å². The minimum Gasteiger partial charge on any atom is -0.382 e. The molecule has 1 aliphatic rings. The predicted octanol–water partition coefficient (Wildman–Crippen LogP) is 1.61. The van der Waals surface area contributed by atoms with Crippen molar-refractivity contribution in [3.63, 3.8) is 0 Å². The van der Waals surface area contributed by atoms with Crippen LogP contribution >= 0.6 is 0 Å². The third-order valence-corrected chi connectivity index (χ3v) is 1.72. The highest BCUT2D eigenvalue weighted by atomic mass is 32.3. The highest BCUT2D eigenvalue weighted by Gasteiger charge is 2.20. The Bertz CT molecular complexity index is 378. The third kappa shape index (κ3) is 7.92. The van der Waals surface area contributed by atoms with Gasteiger partial charge in [0.2, 0.25) is 0 Å². The lowest BCUT2D eigenvalue weighted by atomic mass is 10.3. The lowest BCUT2D eigenvalue weighted by Gasteiger charge is -2.01. The molecule has 1 aromatic rings. The second kappa shape index (κ2) is 5.11. The Morgan fingerprint density at radius 2 is 1.60 bits per heavy atom. The molecule has 0 spiro atoms. The van der Waals surface area contributed by atoms with E-state index in [9.17, 15) is 0 Å². The van der Waals surface area contributed by atoms with Crippen molar-refractivity contribution < 1.29 is 17.5 Å². The third-order valence-electron chi connectivity index (χ3n) is 1.72. The first kappa shape index (κ1) is 12.0. The summed E-state index contributed by atoms with van der Waals surface area (Å²) < 4.78 is 31.6. The molecule has 0 radical (unpaired) electrons. The highest BCUT2D eigenvalue weighted by Crippen LogP contribution is 2.23. The van der Waals surface area contributed by atoms with Gasteiger partial charge in [-0.05, 0) is 25.0 Å². The number of hydrogen-bond donors (Lipinski definition) is 3. The molecule has 0 amide bonds. The van der Waals surface area contributed by atoms with Crippen molar-refractivity contribution in [1.82, 2.24) is 0 Å². The first-order valence-electron chi connectivity index (χ1n) is 4.46. The number of rotatable bonds is 2. The van der Waals surface area contributed by atoms with Crippen LogP contribution in [-0.4, -0.2) is 23.6 Å². The minimum atomic E-state index is -4.67. The van der Waals surface area contributed by atoms with Gasteiger partial charge in [-0.3, -0.25) is 9.11 Å². The second-order valence-electron chi connectivity index (χ2n) is 3.23. The van der Waals surface area contributed by atoms with Crippen molar-refractivity contribution in [3.8, 4) is 0 Å². The first-order valence-corrected chi connectivity index (χ1v) is 5.86. The molecule has 0 atom stereocenters. The topological polar surface area (TPSA) is 86.6 Å². The van der Waals surface area contributed by atoms with E-state index in [1.165, 1.54) is 18.5 Å². The van der Waals surface area contributed by atoms with Gasteiger partial charge >= 0.3 is 10.4 Å². The fourth-order valence-electron chi connectivity index (χ4n) is 0.998. The maximum Gasteiger partial charge on any atom is 0.394 e. The lowest BCUT2D eigenvalue weighted by molar-refractivity contribution is 0.381. The van der Waals surface area contributed by atoms with Gasteiger partial charge in [0.05, 0.1) is 0 Å². The summed E-state index contributed by atoms with van der Waals surface area (Å²) in [6.07, 6.45) is 2.68. The van der Waals surface area contributed by atoms with Gasteiger partial charge in [0.25, 0.3) is 0 Å². The molecule has 1 fully saturated rings. The van der Waals surface area contributed by atoms with Crippen molar-refractivity contribution in [3.05, 3.63) is 30.3 Å². The van der Waals surface area contributed by atoms with E-state index < -0.39 is 10.4 Å². The van der Waals surface area contributed by atoms with Gasteiger partial charge in [0.1, 0.15) is 0 Å². The number of anilines is 1. The van der Waals surface area contributed by atoms with Gasteiger partial charge in [-0.2, -0.15) is 8.42 Å². The molecule has 6 heteroatoms. The predicted molar refractivity (Wildman–Crippen MR) is 57.3 cm³/mol. The molecule has 0 bridgehead atoms.